The van der Waals surface area contributed by atoms with Gasteiger partial charge in [-0.1, -0.05) is 19.1 Å². The van der Waals surface area contributed by atoms with Crippen LogP contribution in [0.2, 0.25) is 0 Å². The van der Waals surface area contributed by atoms with Crippen LogP contribution in [0.1, 0.15) is 25.5 Å². The van der Waals surface area contributed by atoms with E-state index in [1.54, 1.807) is 11.8 Å². The highest BCUT2D eigenvalue weighted by Gasteiger charge is 2.06. The first kappa shape index (κ1) is 15.5. The molecule has 1 aromatic carbocycles. The van der Waals surface area contributed by atoms with E-state index in [0.29, 0.717) is 11.8 Å². The quantitative estimate of drug-likeness (QED) is 0.783. The number of sulfone groups is 1. The molecule has 1 N–H and O–H groups in total. The van der Waals surface area contributed by atoms with Crippen LogP contribution in [0.5, 0.6) is 0 Å². The van der Waals surface area contributed by atoms with Crippen molar-refractivity contribution in [1.29, 1.82) is 0 Å². The molecule has 0 aliphatic heterocycles. The summed E-state index contributed by atoms with van der Waals surface area (Å²) < 4.78 is 22.1. The molecule has 1 unspecified atom stereocenters. The summed E-state index contributed by atoms with van der Waals surface area (Å²) in [6.45, 7) is 5.15. The summed E-state index contributed by atoms with van der Waals surface area (Å²) in [7, 11) is -2.86. The Bertz CT molecular complexity index is 472. The Hall–Kier alpha value is -0.520. The topological polar surface area (TPSA) is 46.2 Å². The first-order chi connectivity index (χ1) is 8.42. The second kappa shape index (κ2) is 7.16. The van der Waals surface area contributed by atoms with Gasteiger partial charge in [-0.05, 0) is 31.2 Å². The Morgan fingerprint density at radius 1 is 1.39 bits per heavy atom. The van der Waals surface area contributed by atoms with Crippen LogP contribution in [-0.2, 0) is 9.84 Å². The predicted octanol–water partition coefficient (Wildman–Crippen LogP) is 2.49. The SMILES string of the molecule is CCNC(C)c1cccc(SCCS(C)(=O)=O)c1. The number of hydrogen-bond donors (Lipinski definition) is 1. The summed E-state index contributed by atoms with van der Waals surface area (Å²) in [5.41, 5.74) is 1.24. The van der Waals surface area contributed by atoms with Gasteiger partial charge in [0.1, 0.15) is 9.84 Å². The van der Waals surface area contributed by atoms with Crippen molar-refractivity contribution >= 4 is 21.6 Å². The summed E-state index contributed by atoms with van der Waals surface area (Å²) in [6, 6.07) is 8.58. The Balaban J connectivity index is 2.59. The van der Waals surface area contributed by atoms with Crippen molar-refractivity contribution in [3.05, 3.63) is 29.8 Å². The molecule has 1 aromatic rings. The maximum absolute atomic E-state index is 11.1. The minimum Gasteiger partial charge on any atom is -0.310 e. The van der Waals surface area contributed by atoms with Gasteiger partial charge in [0.25, 0.3) is 0 Å². The van der Waals surface area contributed by atoms with Crippen molar-refractivity contribution in [2.45, 2.75) is 24.8 Å². The molecule has 0 spiro atoms. The second-order valence-corrected chi connectivity index (χ2v) is 7.76. The molecule has 5 heteroatoms. The van der Waals surface area contributed by atoms with Gasteiger partial charge in [0.2, 0.25) is 0 Å². The van der Waals surface area contributed by atoms with E-state index in [1.165, 1.54) is 11.8 Å². The van der Waals surface area contributed by atoms with Crippen LogP contribution in [0.4, 0.5) is 0 Å². The lowest BCUT2D eigenvalue weighted by molar-refractivity contribution is 0.597. The second-order valence-electron chi connectivity index (χ2n) is 4.33. The van der Waals surface area contributed by atoms with E-state index in [0.717, 1.165) is 11.4 Å². The van der Waals surface area contributed by atoms with E-state index in [2.05, 4.69) is 31.3 Å². The minimum atomic E-state index is -2.86. The minimum absolute atomic E-state index is 0.227. The summed E-state index contributed by atoms with van der Waals surface area (Å²) in [4.78, 5) is 1.13. The first-order valence-corrected chi connectivity index (χ1v) is 9.11. The molecule has 102 valence electrons. The fourth-order valence-electron chi connectivity index (χ4n) is 1.61. The van der Waals surface area contributed by atoms with Crippen molar-refractivity contribution in [2.75, 3.05) is 24.3 Å². The molecule has 18 heavy (non-hydrogen) atoms. The van der Waals surface area contributed by atoms with E-state index in [-0.39, 0.29) is 5.75 Å². The average Bonchev–Trinajstić information content (AvgIpc) is 2.28. The van der Waals surface area contributed by atoms with E-state index in [4.69, 9.17) is 0 Å². The molecule has 0 amide bonds. The summed E-state index contributed by atoms with van der Waals surface area (Å²) in [5.74, 6) is 0.836. The van der Waals surface area contributed by atoms with Crippen LogP contribution >= 0.6 is 11.8 Å². The zero-order chi connectivity index (χ0) is 13.6. The molecular weight excluding hydrogens is 266 g/mol. The van der Waals surface area contributed by atoms with Gasteiger partial charge in [-0.3, -0.25) is 0 Å². The molecule has 0 fully saturated rings. The third-order valence-electron chi connectivity index (χ3n) is 2.59. The zero-order valence-corrected chi connectivity index (χ0v) is 12.8. The Kier molecular flexibility index (Phi) is 6.18. The van der Waals surface area contributed by atoms with E-state index in [1.807, 2.05) is 12.1 Å². The van der Waals surface area contributed by atoms with Crippen LogP contribution < -0.4 is 5.32 Å². The molecule has 0 radical (unpaired) electrons. The Morgan fingerprint density at radius 3 is 2.72 bits per heavy atom. The van der Waals surface area contributed by atoms with Gasteiger partial charge in [-0.2, -0.15) is 0 Å². The molecule has 3 nitrogen and oxygen atoms in total. The van der Waals surface area contributed by atoms with E-state index in [9.17, 15) is 8.42 Å². The van der Waals surface area contributed by atoms with Crippen molar-refractivity contribution in [1.82, 2.24) is 5.32 Å². The smallest absolute Gasteiger partial charge is 0.148 e. The predicted molar refractivity (Wildman–Crippen MR) is 79.0 cm³/mol. The number of rotatable bonds is 7. The molecule has 0 aromatic heterocycles. The molecule has 0 aliphatic carbocycles. The van der Waals surface area contributed by atoms with Crippen LogP contribution in [0, 0.1) is 0 Å². The fourth-order valence-corrected chi connectivity index (χ4v) is 3.78. The third-order valence-corrected chi connectivity index (χ3v) is 4.79. The van der Waals surface area contributed by atoms with Crippen LogP contribution in [0.25, 0.3) is 0 Å². The highest BCUT2D eigenvalue weighted by atomic mass is 32.2. The molecule has 0 saturated carbocycles. The molecule has 0 aliphatic rings. The van der Waals surface area contributed by atoms with Gasteiger partial charge in [-0.25, -0.2) is 8.42 Å². The lowest BCUT2D eigenvalue weighted by Crippen LogP contribution is -2.17. The maximum Gasteiger partial charge on any atom is 0.148 e. The third kappa shape index (κ3) is 5.89. The molecule has 0 saturated heterocycles. The van der Waals surface area contributed by atoms with Crippen molar-refractivity contribution < 1.29 is 8.42 Å². The number of thioether (sulfide) groups is 1. The largest absolute Gasteiger partial charge is 0.310 e. The van der Waals surface area contributed by atoms with Gasteiger partial charge in [0, 0.05) is 22.9 Å². The van der Waals surface area contributed by atoms with Gasteiger partial charge < -0.3 is 5.32 Å². The monoisotopic (exact) mass is 287 g/mol. The Labute approximate surface area is 114 Å². The van der Waals surface area contributed by atoms with Crippen molar-refractivity contribution in [3.63, 3.8) is 0 Å². The van der Waals surface area contributed by atoms with Crippen LogP contribution in [0.15, 0.2) is 29.2 Å². The van der Waals surface area contributed by atoms with Crippen molar-refractivity contribution in [3.8, 4) is 0 Å². The molecule has 0 heterocycles. The van der Waals surface area contributed by atoms with E-state index >= 15 is 0 Å². The highest BCUT2D eigenvalue weighted by Crippen LogP contribution is 2.22. The fraction of sp³-hybridized carbons (Fsp3) is 0.538. The number of benzene rings is 1. The standard InChI is InChI=1S/C13H21NO2S2/c1-4-14-11(2)12-6-5-7-13(10-12)17-8-9-18(3,15)16/h5-7,10-11,14H,4,8-9H2,1-3H3. The molecule has 1 atom stereocenters. The van der Waals surface area contributed by atoms with Gasteiger partial charge in [-0.15, -0.1) is 11.8 Å². The number of hydrogen-bond acceptors (Lipinski definition) is 4. The molecule has 1 rings (SSSR count). The summed E-state index contributed by atoms with van der Waals surface area (Å²) >= 11 is 1.59. The van der Waals surface area contributed by atoms with Gasteiger partial charge in [0.15, 0.2) is 0 Å². The number of nitrogens with one attached hydrogen (secondary N) is 1. The summed E-state index contributed by atoms with van der Waals surface area (Å²) in [6.07, 6.45) is 1.28. The zero-order valence-electron chi connectivity index (χ0n) is 11.1. The lowest BCUT2D eigenvalue weighted by atomic mass is 10.1. The average molecular weight is 287 g/mol. The Morgan fingerprint density at radius 2 is 2.11 bits per heavy atom. The van der Waals surface area contributed by atoms with Gasteiger partial charge in [0.05, 0.1) is 5.75 Å². The van der Waals surface area contributed by atoms with Gasteiger partial charge >= 0.3 is 0 Å². The normalized spacial score (nSPS) is 13.5. The summed E-state index contributed by atoms with van der Waals surface area (Å²) in [5, 5.41) is 3.36. The van der Waals surface area contributed by atoms with Crippen LogP contribution in [-0.4, -0.2) is 32.7 Å². The van der Waals surface area contributed by atoms with Crippen LogP contribution in [0.3, 0.4) is 0 Å². The van der Waals surface area contributed by atoms with E-state index < -0.39 is 9.84 Å². The van der Waals surface area contributed by atoms with Crippen molar-refractivity contribution in [2.24, 2.45) is 0 Å². The first-order valence-electron chi connectivity index (χ1n) is 6.06. The lowest BCUT2D eigenvalue weighted by Gasteiger charge is -2.13. The highest BCUT2D eigenvalue weighted by molar-refractivity contribution is 8.00. The molecular formula is C13H21NO2S2. The molecule has 0 bridgehead atoms. The maximum atomic E-state index is 11.1.